The maximum atomic E-state index is 10.4. The molecule has 25 heavy (non-hydrogen) atoms. The zero-order valence-corrected chi connectivity index (χ0v) is 14.3. The van der Waals surface area contributed by atoms with E-state index in [9.17, 15) is 5.11 Å². The number of rotatable bonds is 7. The number of benzene rings is 2. The Hall–Kier alpha value is -2.35. The number of nitrogens with zero attached hydrogens (tertiary/aromatic N) is 2. The van der Waals surface area contributed by atoms with Crippen molar-refractivity contribution in [3.63, 3.8) is 0 Å². The van der Waals surface area contributed by atoms with E-state index < -0.39 is 6.10 Å². The Morgan fingerprint density at radius 2 is 1.92 bits per heavy atom. The van der Waals surface area contributed by atoms with Crippen molar-refractivity contribution < 1.29 is 9.84 Å². The van der Waals surface area contributed by atoms with Gasteiger partial charge in [-0.1, -0.05) is 42.5 Å². The first-order valence-electron chi connectivity index (χ1n) is 8.82. The topological polar surface area (TPSA) is 56.5 Å². The molecule has 0 saturated carbocycles. The maximum Gasteiger partial charge on any atom is 0.119 e. The van der Waals surface area contributed by atoms with Crippen molar-refractivity contribution in [2.75, 3.05) is 19.7 Å². The summed E-state index contributed by atoms with van der Waals surface area (Å²) in [6, 6.07) is 20.5. The molecular formula is C21H24N2O2. The van der Waals surface area contributed by atoms with Crippen molar-refractivity contribution in [2.24, 2.45) is 0 Å². The molecule has 0 radical (unpaired) electrons. The highest BCUT2D eigenvalue weighted by Crippen LogP contribution is 2.31. The molecule has 2 atom stereocenters. The number of nitriles is 1. The molecule has 4 heteroatoms. The summed E-state index contributed by atoms with van der Waals surface area (Å²) in [6.07, 6.45) is 2.17. The summed E-state index contributed by atoms with van der Waals surface area (Å²) < 4.78 is 5.69. The van der Waals surface area contributed by atoms with Crippen LogP contribution in [0, 0.1) is 11.3 Å². The first kappa shape index (κ1) is 17.5. The second-order valence-electron chi connectivity index (χ2n) is 6.51. The van der Waals surface area contributed by atoms with Gasteiger partial charge in [0.25, 0.3) is 0 Å². The van der Waals surface area contributed by atoms with Gasteiger partial charge in [0.15, 0.2) is 0 Å². The molecule has 3 rings (SSSR count). The van der Waals surface area contributed by atoms with Gasteiger partial charge in [0.1, 0.15) is 18.5 Å². The minimum atomic E-state index is -0.525. The van der Waals surface area contributed by atoms with Gasteiger partial charge in [-0.25, -0.2) is 0 Å². The minimum absolute atomic E-state index is 0.273. The third kappa shape index (κ3) is 4.82. The number of aliphatic hydroxyl groups excluding tert-OH is 1. The molecule has 0 aromatic heterocycles. The fraction of sp³-hybridized carbons (Fsp3) is 0.381. The van der Waals surface area contributed by atoms with Crippen LogP contribution in [0.15, 0.2) is 54.6 Å². The highest BCUT2D eigenvalue weighted by molar-refractivity contribution is 5.28. The summed E-state index contributed by atoms with van der Waals surface area (Å²) in [5.41, 5.74) is 2.29. The predicted octanol–water partition coefficient (Wildman–Crippen LogP) is 3.33. The van der Waals surface area contributed by atoms with Crippen molar-refractivity contribution in [3.05, 3.63) is 65.7 Å². The van der Waals surface area contributed by atoms with Gasteiger partial charge >= 0.3 is 0 Å². The van der Waals surface area contributed by atoms with Crippen LogP contribution in [0.3, 0.4) is 0 Å². The second-order valence-corrected chi connectivity index (χ2v) is 6.51. The van der Waals surface area contributed by atoms with Crippen LogP contribution in [-0.2, 0) is 6.42 Å². The molecule has 0 aliphatic carbocycles. The first-order valence-corrected chi connectivity index (χ1v) is 8.82. The average molecular weight is 336 g/mol. The van der Waals surface area contributed by atoms with Crippen LogP contribution in [0.1, 0.15) is 30.0 Å². The Morgan fingerprint density at radius 1 is 1.16 bits per heavy atom. The largest absolute Gasteiger partial charge is 0.491 e. The Labute approximate surface area is 149 Å². The SMILES string of the molecule is N#CCc1ccc(OCC(O)CN2CCCC2c2ccccc2)cc1. The zero-order valence-electron chi connectivity index (χ0n) is 14.3. The molecule has 4 nitrogen and oxygen atoms in total. The number of hydrogen-bond donors (Lipinski definition) is 1. The number of β-amino-alcohol motifs (C(OH)–C–C–N with tert-alkyl or cyclic N) is 1. The minimum Gasteiger partial charge on any atom is -0.491 e. The fourth-order valence-corrected chi connectivity index (χ4v) is 3.41. The Morgan fingerprint density at radius 3 is 2.64 bits per heavy atom. The van der Waals surface area contributed by atoms with Gasteiger partial charge in [-0.15, -0.1) is 0 Å². The molecule has 1 aliphatic rings. The standard InChI is InChI=1S/C21H24N2O2/c22-13-12-17-8-10-20(11-9-17)25-16-19(24)15-23-14-4-7-21(23)18-5-2-1-3-6-18/h1-3,5-6,8-11,19,21,24H,4,7,12,14-16H2. The van der Waals surface area contributed by atoms with Crippen molar-refractivity contribution >= 4 is 0 Å². The highest BCUT2D eigenvalue weighted by Gasteiger charge is 2.27. The molecule has 2 aromatic rings. The van der Waals surface area contributed by atoms with Crippen LogP contribution in [0.2, 0.25) is 0 Å². The van der Waals surface area contributed by atoms with Crippen LogP contribution in [0.25, 0.3) is 0 Å². The molecule has 130 valence electrons. The second kappa shape index (κ2) is 8.66. The van der Waals surface area contributed by atoms with Crippen LogP contribution >= 0.6 is 0 Å². The van der Waals surface area contributed by atoms with Crippen LogP contribution in [0.4, 0.5) is 0 Å². The summed E-state index contributed by atoms with van der Waals surface area (Å²) in [5, 5.41) is 19.1. The first-order chi connectivity index (χ1) is 12.3. The van der Waals surface area contributed by atoms with Crippen molar-refractivity contribution in [3.8, 4) is 11.8 Å². The van der Waals surface area contributed by atoms with E-state index >= 15 is 0 Å². The van der Waals surface area contributed by atoms with Crippen LogP contribution < -0.4 is 4.74 Å². The summed E-state index contributed by atoms with van der Waals surface area (Å²) in [5.74, 6) is 0.724. The number of hydrogen-bond acceptors (Lipinski definition) is 4. The highest BCUT2D eigenvalue weighted by atomic mass is 16.5. The van der Waals surface area contributed by atoms with E-state index in [1.165, 1.54) is 5.56 Å². The number of aliphatic hydroxyl groups is 1. The van der Waals surface area contributed by atoms with E-state index in [0.29, 0.717) is 19.0 Å². The fourth-order valence-electron chi connectivity index (χ4n) is 3.41. The summed E-state index contributed by atoms with van der Waals surface area (Å²) >= 11 is 0. The Bertz CT molecular complexity index is 694. The molecule has 2 unspecified atom stereocenters. The monoisotopic (exact) mass is 336 g/mol. The smallest absolute Gasteiger partial charge is 0.119 e. The average Bonchev–Trinajstić information content (AvgIpc) is 3.10. The molecule has 0 amide bonds. The molecule has 1 fully saturated rings. The third-order valence-electron chi connectivity index (χ3n) is 4.64. The van der Waals surface area contributed by atoms with Gasteiger partial charge in [0.05, 0.1) is 12.5 Å². The Balaban J connectivity index is 1.50. The van der Waals surface area contributed by atoms with Gasteiger partial charge in [-0.3, -0.25) is 4.90 Å². The molecule has 1 N–H and O–H groups in total. The number of ether oxygens (including phenoxy) is 1. The lowest BCUT2D eigenvalue weighted by Gasteiger charge is -2.27. The van der Waals surface area contributed by atoms with Crippen LogP contribution in [0.5, 0.6) is 5.75 Å². The van der Waals surface area contributed by atoms with E-state index in [0.717, 1.165) is 30.7 Å². The maximum absolute atomic E-state index is 10.4. The van der Waals surface area contributed by atoms with E-state index in [1.54, 1.807) is 0 Å². The lowest BCUT2D eigenvalue weighted by atomic mass is 10.0. The van der Waals surface area contributed by atoms with Gasteiger partial charge in [-0.05, 0) is 42.6 Å². The molecule has 1 heterocycles. The van der Waals surface area contributed by atoms with E-state index in [-0.39, 0.29) is 6.61 Å². The molecule has 1 saturated heterocycles. The van der Waals surface area contributed by atoms with Gasteiger partial charge < -0.3 is 9.84 Å². The quantitative estimate of drug-likeness (QED) is 0.842. The van der Waals surface area contributed by atoms with Crippen molar-refractivity contribution in [2.45, 2.75) is 31.4 Å². The lowest BCUT2D eigenvalue weighted by Crippen LogP contribution is -2.35. The number of likely N-dealkylation sites (tertiary alicyclic amines) is 1. The van der Waals surface area contributed by atoms with Gasteiger partial charge in [-0.2, -0.15) is 5.26 Å². The van der Waals surface area contributed by atoms with Crippen molar-refractivity contribution in [1.82, 2.24) is 4.90 Å². The van der Waals surface area contributed by atoms with Crippen molar-refractivity contribution in [1.29, 1.82) is 5.26 Å². The zero-order chi connectivity index (χ0) is 17.5. The normalized spacial score (nSPS) is 18.6. The van der Waals surface area contributed by atoms with E-state index in [2.05, 4.69) is 35.2 Å². The van der Waals surface area contributed by atoms with E-state index in [4.69, 9.17) is 10.00 Å². The Kier molecular flexibility index (Phi) is 6.05. The molecule has 0 spiro atoms. The summed E-state index contributed by atoms with van der Waals surface area (Å²) in [7, 11) is 0. The predicted molar refractivity (Wildman–Crippen MR) is 97.3 cm³/mol. The van der Waals surface area contributed by atoms with Gasteiger partial charge in [0.2, 0.25) is 0 Å². The van der Waals surface area contributed by atoms with Gasteiger partial charge in [0, 0.05) is 12.6 Å². The summed E-state index contributed by atoms with van der Waals surface area (Å²) in [4.78, 5) is 2.35. The molecule has 1 aliphatic heterocycles. The van der Waals surface area contributed by atoms with E-state index in [1.807, 2.05) is 30.3 Å². The molecule has 0 bridgehead atoms. The molecule has 2 aromatic carbocycles. The third-order valence-corrected chi connectivity index (χ3v) is 4.64. The lowest BCUT2D eigenvalue weighted by molar-refractivity contribution is 0.0638. The van der Waals surface area contributed by atoms with Crippen LogP contribution in [-0.4, -0.2) is 35.8 Å². The molecular weight excluding hydrogens is 312 g/mol. The summed E-state index contributed by atoms with van der Waals surface area (Å²) in [6.45, 7) is 1.90.